The molecule has 0 aromatic heterocycles. The highest BCUT2D eigenvalue weighted by molar-refractivity contribution is 6.09. The van der Waals surface area contributed by atoms with Gasteiger partial charge in [0.2, 0.25) is 29.5 Å². The van der Waals surface area contributed by atoms with Gasteiger partial charge in [0, 0.05) is 166 Å². The van der Waals surface area contributed by atoms with Gasteiger partial charge in [-0.05, 0) is 231 Å². The van der Waals surface area contributed by atoms with Crippen LogP contribution in [0.4, 0.5) is 22.7 Å². The summed E-state index contributed by atoms with van der Waals surface area (Å²) in [5.74, 6) is 5.84. The number of likely N-dealkylation sites (tertiary alicyclic amines) is 4. The van der Waals surface area contributed by atoms with Gasteiger partial charge in [-0.15, -0.1) is 0 Å². The van der Waals surface area contributed by atoms with Crippen molar-refractivity contribution >= 4 is 70.0 Å². The van der Waals surface area contributed by atoms with E-state index in [1.165, 1.54) is 137 Å². The average molecular weight is 1650 g/mol. The Bertz CT molecular complexity index is 4130. The Labute approximate surface area is 717 Å². The van der Waals surface area contributed by atoms with Crippen LogP contribution in [0.15, 0.2) is 97.1 Å². The summed E-state index contributed by atoms with van der Waals surface area (Å²) in [6, 6.07) is 34.0. The van der Waals surface area contributed by atoms with Gasteiger partial charge in [-0.2, -0.15) is 0 Å². The molecule has 21 heteroatoms. The SMILES string of the molecule is CC(=O)NC1C(=O)N(C2CCN(C3C4CCCC3CCC4)CC2)c2ccccc21.CC(=O)NC1C(=O)N(C2CCN(C3CCC(C(C)C)CC3)CC2)c2ccccc21.CC(C)C(=O)NC1C(=O)N(C2CCN(C3CCC(C(C)C)CC3)CC2)c2ccccc21.CONC(=O)CC1C(=O)N(C2CCN(C3CCC(C(C)C)CC3)CC2)c2ccccc21. The van der Waals surface area contributed by atoms with Crippen molar-refractivity contribution in [1.82, 2.24) is 41.0 Å². The summed E-state index contributed by atoms with van der Waals surface area (Å²) in [5.41, 5.74) is 10.1. The summed E-state index contributed by atoms with van der Waals surface area (Å²) in [6.07, 6.45) is 32.8. The first-order chi connectivity index (χ1) is 57.9. The maximum absolute atomic E-state index is 13.4. The first-order valence-electron chi connectivity index (χ1n) is 47.2. The Morgan fingerprint density at radius 1 is 0.350 bits per heavy atom. The van der Waals surface area contributed by atoms with Gasteiger partial charge in [0.15, 0.2) is 0 Å². The van der Waals surface area contributed by atoms with Crippen LogP contribution in [0.3, 0.4) is 0 Å². The lowest BCUT2D eigenvalue weighted by molar-refractivity contribution is -0.133. The Kier molecular flexibility index (Phi) is 29.9. The predicted octanol–water partition coefficient (Wildman–Crippen LogP) is 15.9. The lowest BCUT2D eigenvalue weighted by atomic mass is 9.67. The van der Waals surface area contributed by atoms with E-state index in [0.29, 0.717) is 6.04 Å². The molecule has 21 nitrogen and oxygen atoms in total. The third kappa shape index (κ3) is 20.0. The van der Waals surface area contributed by atoms with Crippen LogP contribution in [-0.4, -0.2) is 175 Å². The van der Waals surface area contributed by atoms with E-state index >= 15 is 0 Å². The van der Waals surface area contributed by atoms with E-state index in [9.17, 15) is 38.4 Å². The van der Waals surface area contributed by atoms with Crippen molar-refractivity contribution in [2.45, 2.75) is 315 Å². The van der Waals surface area contributed by atoms with Crippen molar-refractivity contribution in [3.8, 4) is 0 Å². The second kappa shape index (κ2) is 40.4. The number of piperidine rings is 4. The van der Waals surface area contributed by atoms with Crippen molar-refractivity contribution in [1.29, 1.82) is 0 Å². The van der Waals surface area contributed by atoms with Gasteiger partial charge in [-0.1, -0.05) is 141 Å². The number of carbonyl (C=O) groups is 8. The molecule has 0 radical (unpaired) electrons. The van der Waals surface area contributed by atoms with Crippen molar-refractivity contribution in [3.63, 3.8) is 0 Å². The number of rotatable bonds is 18. The molecule has 4 N–H and O–H groups in total. The number of benzene rings is 4. The Morgan fingerprint density at radius 2 is 0.633 bits per heavy atom. The minimum absolute atomic E-state index is 0.0253. The van der Waals surface area contributed by atoms with Crippen LogP contribution in [-0.2, 0) is 43.2 Å². The van der Waals surface area contributed by atoms with Crippen LogP contribution in [0.25, 0.3) is 0 Å². The minimum atomic E-state index is -0.546. The number of anilines is 4. The normalized spacial score (nSPS) is 29.1. The summed E-state index contributed by atoms with van der Waals surface area (Å²) < 4.78 is 0. The number of hydroxylamine groups is 1. The van der Waals surface area contributed by atoms with E-state index in [-0.39, 0.29) is 83.8 Å². The number of hydrogen-bond acceptors (Lipinski definition) is 13. The van der Waals surface area contributed by atoms with Crippen molar-refractivity contribution in [2.75, 3.05) is 79.1 Å². The van der Waals surface area contributed by atoms with Crippen molar-refractivity contribution in [2.24, 2.45) is 53.3 Å². The molecule has 654 valence electrons. The van der Waals surface area contributed by atoms with E-state index in [1.807, 2.05) is 131 Å². The molecular weight excluding hydrogens is 1500 g/mol. The third-order valence-corrected chi connectivity index (χ3v) is 30.9. The van der Waals surface area contributed by atoms with E-state index < -0.39 is 24.0 Å². The first-order valence-corrected chi connectivity index (χ1v) is 47.2. The number of fused-ring (bicyclic) bond motifs is 6. The maximum Gasteiger partial charge on any atom is 0.254 e. The van der Waals surface area contributed by atoms with E-state index in [0.717, 1.165) is 214 Å². The number of carbonyl (C=O) groups excluding carboxylic acids is 8. The molecular formula is C99H144N12O9. The fourth-order valence-corrected chi connectivity index (χ4v) is 24.2. The zero-order valence-corrected chi connectivity index (χ0v) is 74.4. The molecule has 4 atom stereocenters. The minimum Gasteiger partial charge on any atom is -0.341 e. The Balaban J connectivity index is 0.000000131. The molecule has 8 aliphatic heterocycles. The molecule has 4 unspecified atom stereocenters. The zero-order chi connectivity index (χ0) is 84.6. The topological polar surface area (TPSA) is 220 Å². The second-order valence-corrected chi connectivity index (χ2v) is 39.3. The van der Waals surface area contributed by atoms with Gasteiger partial charge in [0.1, 0.15) is 18.1 Å². The van der Waals surface area contributed by atoms with Crippen molar-refractivity contribution in [3.05, 3.63) is 119 Å². The first kappa shape index (κ1) is 88.7. The molecule has 8 amide bonds. The molecule has 2 bridgehead atoms. The average Bonchev–Trinajstić information content (AvgIpc) is 1.63. The number of amides is 8. The van der Waals surface area contributed by atoms with Gasteiger partial charge >= 0.3 is 0 Å². The monoisotopic (exact) mass is 1650 g/mol. The highest BCUT2D eigenvalue weighted by Gasteiger charge is 2.49. The summed E-state index contributed by atoms with van der Waals surface area (Å²) in [6.45, 7) is 29.4. The lowest BCUT2D eigenvalue weighted by Gasteiger charge is -2.50. The highest BCUT2D eigenvalue weighted by Crippen LogP contribution is 2.49. The third-order valence-electron chi connectivity index (χ3n) is 30.9. The molecule has 120 heavy (non-hydrogen) atoms. The predicted molar refractivity (Wildman–Crippen MR) is 476 cm³/mol. The summed E-state index contributed by atoms with van der Waals surface area (Å²) >= 11 is 0. The largest absolute Gasteiger partial charge is 0.341 e. The second-order valence-electron chi connectivity index (χ2n) is 39.3. The van der Waals surface area contributed by atoms with Crippen molar-refractivity contribution < 1.29 is 43.2 Å². The fourth-order valence-electron chi connectivity index (χ4n) is 24.2. The zero-order valence-electron chi connectivity index (χ0n) is 74.4. The molecule has 4 aromatic rings. The molecule has 5 aliphatic carbocycles. The molecule has 4 saturated heterocycles. The molecule has 13 aliphatic rings. The van der Waals surface area contributed by atoms with Gasteiger partial charge in [-0.3, -0.25) is 48.1 Å². The standard InChI is InChI=1S/C26H39N3O2.C25H37N3O3.C24H33N3O2.C24H35N3O2/c1-17(2)19-9-11-20(12-10-19)28-15-13-21(14-16-28)29-23-8-6-5-7-22(23)24(26(29)31)27-25(30)18(3)4;1-17(2)18-8-10-19(11-9-18)27-14-12-20(13-15-27)28-23-7-5-4-6-21(23)22(25(28)30)16-24(29)26-31-3;1-16(28)25-22-20-10-2-3-11-21(20)27(24(22)29)19-12-14-26(15-13-19)23-17-6-4-7-18(23)9-5-8-17;1-16(2)18-8-10-19(11-9-18)26-14-12-20(13-15-26)27-22-7-5-4-6-21(22)23(24(27)29)25-17(3)28/h5-8,17-21,24H,9-16H2,1-4H3,(H,27,30);4-7,17-20,22H,8-16H2,1-3H3,(H,26,29);2-3,10-11,17-19,22-23H,4-9,12-15H2,1H3,(H,25,28);4-7,16,18-20,23H,8-15H2,1-3H3,(H,25,28). The maximum atomic E-state index is 13.4. The quantitative estimate of drug-likeness (QED) is 0.0682. The molecule has 8 heterocycles. The van der Waals surface area contributed by atoms with Gasteiger partial charge in [0.05, 0.1) is 13.0 Å². The summed E-state index contributed by atoms with van der Waals surface area (Å²) in [5, 5.41) is 8.70. The number of nitrogens with zero attached hydrogens (tertiary/aromatic N) is 8. The van der Waals surface area contributed by atoms with Crippen LogP contribution >= 0.6 is 0 Å². The highest BCUT2D eigenvalue weighted by atomic mass is 16.6. The molecule has 9 fully saturated rings. The molecule has 4 aromatic carbocycles. The molecule has 17 rings (SSSR count). The van der Waals surface area contributed by atoms with Crippen LogP contribution in [0.2, 0.25) is 0 Å². The number of para-hydroxylation sites is 4. The van der Waals surface area contributed by atoms with E-state index in [2.05, 4.69) is 82.6 Å². The fraction of sp³-hybridized carbons (Fsp3) is 0.677. The number of nitrogens with one attached hydrogen (secondary N) is 4. The van der Waals surface area contributed by atoms with Crippen LogP contribution < -0.4 is 41.0 Å². The number of hydrogen-bond donors (Lipinski definition) is 4. The van der Waals surface area contributed by atoms with Gasteiger partial charge in [0.25, 0.3) is 17.7 Å². The molecule has 0 spiro atoms. The summed E-state index contributed by atoms with van der Waals surface area (Å²) in [7, 11) is 1.41. The van der Waals surface area contributed by atoms with Crippen LogP contribution in [0.5, 0.6) is 0 Å². The summed E-state index contributed by atoms with van der Waals surface area (Å²) in [4.78, 5) is 124. The lowest BCUT2D eigenvalue weighted by Crippen LogP contribution is -2.55. The smallest absolute Gasteiger partial charge is 0.254 e. The van der Waals surface area contributed by atoms with Gasteiger partial charge < -0.3 is 50.2 Å². The van der Waals surface area contributed by atoms with Crippen LogP contribution in [0.1, 0.15) is 289 Å². The molecule has 5 saturated carbocycles. The van der Waals surface area contributed by atoms with Crippen LogP contribution in [0, 0.1) is 53.3 Å². The Morgan fingerprint density at radius 3 is 0.933 bits per heavy atom. The van der Waals surface area contributed by atoms with E-state index in [1.54, 1.807) is 0 Å². The Hall–Kier alpha value is -7.56. The van der Waals surface area contributed by atoms with Gasteiger partial charge in [-0.25, -0.2) is 5.48 Å². The van der Waals surface area contributed by atoms with E-state index in [4.69, 9.17) is 4.84 Å².